The smallest absolute Gasteiger partial charge is 0.126 e. The maximum Gasteiger partial charge on any atom is 0.126 e. The summed E-state index contributed by atoms with van der Waals surface area (Å²) in [5.41, 5.74) is 5.74. The molecule has 0 bridgehead atoms. The van der Waals surface area contributed by atoms with Gasteiger partial charge in [-0.15, -0.1) is 0 Å². The number of ketones is 1. The van der Waals surface area contributed by atoms with Crippen LogP contribution in [0, 0.1) is 0 Å². The number of ether oxygens (including phenoxy) is 1. The molecule has 1 aliphatic rings. The highest BCUT2D eigenvalue weighted by atomic mass is 16.5. The number of hydrogen-bond donors (Lipinski definition) is 4. The highest BCUT2D eigenvalue weighted by Gasteiger charge is 2.21. The molecular formula is C15H35N3O4. The van der Waals surface area contributed by atoms with Gasteiger partial charge in [0.2, 0.25) is 0 Å². The molecule has 0 unspecified atom stereocenters. The summed E-state index contributed by atoms with van der Waals surface area (Å²) in [6.45, 7) is 14.0. The van der Waals surface area contributed by atoms with E-state index in [4.69, 9.17) is 20.7 Å². The second-order valence-electron chi connectivity index (χ2n) is 5.26. The number of nitrogens with two attached hydrogens (primary N) is 1. The van der Waals surface area contributed by atoms with E-state index >= 15 is 0 Å². The lowest BCUT2D eigenvalue weighted by Gasteiger charge is -2.15. The molecule has 0 atom stereocenters. The molecule has 1 fully saturated rings. The van der Waals surface area contributed by atoms with Crippen LogP contribution >= 0.6 is 0 Å². The minimum Gasteiger partial charge on any atom is -0.395 e. The van der Waals surface area contributed by atoms with E-state index in [0.717, 1.165) is 18.9 Å². The van der Waals surface area contributed by atoms with Gasteiger partial charge in [0.05, 0.1) is 26.4 Å². The normalized spacial score (nSPS) is 14.2. The average Bonchev–Trinajstić information content (AvgIpc) is 2.81. The molecule has 1 rings (SSSR count). The minimum atomic E-state index is -0.0556. The first-order chi connectivity index (χ1) is 10.1. The fraction of sp³-hybridized carbons (Fsp3) is 0.867. The van der Waals surface area contributed by atoms with Crippen molar-refractivity contribution in [2.24, 2.45) is 10.7 Å². The van der Waals surface area contributed by atoms with E-state index in [1.165, 1.54) is 13.8 Å². The van der Waals surface area contributed by atoms with Gasteiger partial charge in [0.25, 0.3) is 0 Å². The van der Waals surface area contributed by atoms with E-state index in [2.05, 4.69) is 10.3 Å². The summed E-state index contributed by atoms with van der Waals surface area (Å²) in [6.07, 6.45) is 0. The van der Waals surface area contributed by atoms with Crippen LogP contribution in [0.25, 0.3) is 0 Å². The molecule has 134 valence electrons. The van der Waals surface area contributed by atoms with Crippen LogP contribution < -0.4 is 11.1 Å². The Labute approximate surface area is 135 Å². The third kappa shape index (κ3) is 36.5. The van der Waals surface area contributed by atoms with E-state index < -0.39 is 0 Å². The summed E-state index contributed by atoms with van der Waals surface area (Å²) in [6, 6.07) is 0. The predicted octanol–water partition coefficient (Wildman–Crippen LogP) is 0.335. The van der Waals surface area contributed by atoms with Crippen LogP contribution in [-0.4, -0.2) is 66.9 Å². The van der Waals surface area contributed by atoms with Crippen LogP contribution in [0.2, 0.25) is 0 Å². The highest BCUT2D eigenvalue weighted by molar-refractivity contribution is 5.79. The molecule has 7 nitrogen and oxygen atoms in total. The van der Waals surface area contributed by atoms with Crippen LogP contribution in [0.3, 0.4) is 0 Å². The Balaban J connectivity index is -0.000000228. The van der Waals surface area contributed by atoms with Crippen LogP contribution in [0.4, 0.5) is 0 Å². The van der Waals surface area contributed by atoms with Gasteiger partial charge >= 0.3 is 0 Å². The largest absolute Gasteiger partial charge is 0.395 e. The quantitative estimate of drug-likeness (QED) is 0.557. The van der Waals surface area contributed by atoms with E-state index in [9.17, 15) is 4.79 Å². The molecule has 0 aromatic heterocycles. The number of nitrogens with one attached hydrogen (secondary N) is 1. The number of hydrogen-bond acceptors (Lipinski definition) is 7. The second kappa shape index (κ2) is 18.2. The maximum absolute atomic E-state index is 9.44. The van der Waals surface area contributed by atoms with Crippen LogP contribution in [-0.2, 0) is 9.53 Å². The van der Waals surface area contributed by atoms with Crippen LogP contribution in [0.15, 0.2) is 4.99 Å². The van der Waals surface area contributed by atoms with E-state index in [-0.39, 0.29) is 24.7 Å². The van der Waals surface area contributed by atoms with E-state index in [1.807, 2.05) is 27.7 Å². The predicted molar refractivity (Wildman–Crippen MR) is 91.3 cm³/mol. The van der Waals surface area contributed by atoms with Crippen molar-refractivity contribution in [3.05, 3.63) is 0 Å². The molecule has 0 aliphatic carbocycles. The Morgan fingerprint density at radius 2 is 1.68 bits per heavy atom. The summed E-state index contributed by atoms with van der Waals surface area (Å²) in [5.74, 6) is 0.167. The Morgan fingerprint density at radius 1 is 1.23 bits per heavy atom. The zero-order valence-electron chi connectivity index (χ0n) is 15.0. The summed E-state index contributed by atoms with van der Waals surface area (Å²) >= 11 is 0. The van der Waals surface area contributed by atoms with Crippen LogP contribution in [0.1, 0.15) is 41.5 Å². The van der Waals surface area contributed by atoms with Crippen molar-refractivity contribution in [1.82, 2.24) is 5.32 Å². The van der Waals surface area contributed by atoms with E-state index in [1.54, 1.807) is 0 Å². The molecule has 0 aromatic rings. The fourth-order valence-electron chi connectivity index (χ4n) is 0.983. The zero-order chi connectivity index (χ0) is 18.0. The lowest BCUT2D eigenvalue weighted by molar-refractivity contribution is -0.114. The minimum absolute atomic E-state index is 0.0556. The molecule has 1 heterocycles. The van der Waals surface area contributed by atoms with Crippen molar-refractivity contribution in [2.45, 2.75) is 47.3 Å². The molecule has 0 saturated carbocycles. The summed E-state index contributed by atoms with van der Waals surface area (Å²) in [5, 5.41) is 19.1. The van der Waals surface area contributed by atoms with Gasteiger partial charge < -0.3 is 25.5 Å². The molecule has 22 heavy (non-hydrogen) atoms. The van der Waals surface area contributed by atoms with Crippen molar-refractivity contribution in [3.8, 4) is 0 Å². The Kier molecular flexibility index (Phi) is 21.5. The molecule has 0 radical (unpaired) electrons. The van der Waals surface area contributed by atoms with Gasteiger partial charge in [-0.2, -0.15) is 0 Å². The molecule has 0 amide bonds. The Hall–Kier alpha value is -0.860. The summed E-state index contributed by atoms with van der Waals surface area (Å²) < 4.78 is 5.23. The van der Waals surface area contributed by atoms with Gasteiger partial charge in [0.15, 0.2) is 0 Å². The van der Waals surface area contributed by atoms with Gasteiger partial charge in [-0.3, -0.25) is 10.3 Å². The number of nitrogens with zero attached hydrogens (tertiary/aromatic N) is 1. The molecular weight excluding hydrogens is 286 g/mol. The number of aliphatic hydroxyl groups excluding tert-OH is 2. The number of rotatable bonds is 3. The monoisotopic (exact) mass is 321 g/mol. The number of carbonyl (C=O) groups excluding carboxylic acids is 1. The second-order valence-corrected chi connectivity index (χ2v) is 5.26. The van der Waals surface area contributed by atoms with Crippen molar-refractivity contribution in [2.75, 3.05) is 39.5 Å². The zero-order valence-corrected chi connectivity index (χ0v) is 15.0. The standard InChI is InChI=1S/2C5H11NO.C3H6O.C2H7NO/c1-5(2)6-3-4-7-5;1-5(2)6-3-4-7;1-3(2)4;3-1-2-4/h6H,3-4H2,1-2H3;7H,3-4H2,1-2H3;1-2H3;4H,1-3H2. The lowest BCUT2D eigenvalue weighted by atomic mass is 10.3. The SMILES string of the molecule is CC(C)=NCCO.CC(C)=O.CC1(C)NCCO1.NCCO. The van der Waals surface area contributed by atoms with Crippen molar-refractivity contribution in [3.63, 3.8) is 0 Å². The molecule has 0 spiro atoms. The fourth-order valence-corrected chi connectivity index (χ4v) is 0.983. The van der Waals surface area contributed by atoms with Gasteiger partial charge in [0, 0.05) is 18.8 Å². The molecule has 7 heteroatoms. The summed E-state index contributed by atoms with van der Waals surface area (Å²) in [4.78, 5) is 13.4. The number of carbonyl (C=O) groups is 1. The molecule has 1 saturated heterocycles. The molecule has 0 aromatic carbocycles. The number of Topliss-reactive ketones (excluding diaryl/α,β-unsaturated/α-hetero) is 1. The highest BCUT2D eigenvalue weighted by Crippen LogP contribution is 2.07. The van der Waals surface area contributed by atoms with Crippen LogP contribution in [0.5, 0.6) is 0 Å². The first-order valence-electron chi connectivity index (χ1n) is 7.38. The number of aliphatic imine (C=N–C) groups is 1. The maximum atomic E-state index is 9.44. The number of aliphatic hydroxyl groups is 2. The van der Waals surface area contributed by atoms with Gasteiger partial charge in [-0.1, -0.05) is 0 Å². The van der Waals surface area contributed by atoms with Crippen molar-refractivity contribution >= 4 is 11.5 Å². The van der Waals surface area contributed by atoms with Gasteiger partial charge in [-0.25, -0.2) is 0 Å². The first-order valence-corrected chi connectivity index (χ1v) is 7.38. The first kappa shape index (κ1) is 26.1. The average molecular weight is 321 g/mol. The Bertz CT molecular complexity index is 264. The third-order valence-corrected chi connectivity index (χ3v) is 1.77. The topological polar surface area (TPSA) is 117 Å². The molecule has 1 aliphatic heterocycles. The van der Waals surface area contributed by atoms with Crippen molar-refractivity contribution in [1.29, 1.82) is 0 Å². The van der Waals surface area contributed by atoms with E-state index in [0.29, 0.717) is 13.1 Å². The van der Waals surface area contributed by atoms with Gasteiger partial charge in [0.1, 0.15) is 11.5 Å². The summed E-state index contributed by atoms with van der Waals surface area (Å²) in [7, 11) is 0. The van der Waals surface area contributed by atoms with Gasteiger partial charge in [-0.05, 0) is 41.5 Å². The lowest BCUT2D eigenvalue weighted by Crippen LogP contribution is -2.33. The van der Waals surface area contributed by atoms with Crippen molar-refractivity contribution < 1.29 is 19.7 Å². The Morgan fingerprint density at radius 3 is 1.77 bits per heavy atom. The molecule has 5 N–H and O–H groups in total. The third-order valence-electron chi connectivity index (χ3n) is 1.77.